The van der Waals surface area contributed by atoms with Gasteiger partial charge in [0.15, 0.2) is 11.5 Å². The summed E-state index contributed by atoms with van der Waals surface area (Å²) in [6.45, 7) is 15.8. The zero-order valence-electron chi connectivity index (χ0n) is 25.6. The van der Waals surface area contributed by atoms with Crippen molar-refractivity contribution < 1.29 is 52.7 Å². The maximum absolute atomic E-state index is 12.6. The van der Waals surface area contributed by atoms with Gasteiger partial charge in [-0.3, -0.25) is 5.32 Å². The fourth-order valence-electron chi connectivity index (χ4n) is 3.17. The minimum Gasteiger partial charge on any atom is -0.477 e. The van der Waals surface area contributed by atoms with Crippen LogP contribution in [0.25, 0.3) is 0 Å². The van der Waals surface area contributed by atoms with E-state index in [1.807, 2.05) is 20.8 Å². The summed E-state index contributed by atoms with van der Waals surface area (Å²) in [5.41, 5.74) is -3.62. The zero-order chi connectivity index (χ0) is 31.4. The van der Waals surface area contributed by atoms with Gasteiger partial charge in [-0.25, -0.2) is 19.2 Å². The van der Waals surface area contributed by atoms with E-state index in [-0.39, 0.29) is 23.7 Å². The Morgan fingerprint density at radius 1 is 0.829 bits per heavy atom. The highest BCUT2D eigenvalue weighted by Gasteiger charge is 2.44. The van der Waals surface area contributed by atoms with E-state index in [4.69, 9.17) is 28.4 Å². The summed E-state index contributed by atoms with van der Waals surface area (Å²) in [5.74, 6) is -1.88. The molecule has 0 saturated carbocycles. The Bertz CT molecular complexity index is 1050. The van der Waals surface area contributed by atoms with Crippen LogP contribution in [0.15, 0.2) is 18.2 Å². The number of carbonyl (C=O) groups is 4. The van der Waals surface area contributed by atoms with Gasteiger partial charge < -0.3 is 33.5 Å². The second-order valence-electron chi connectivity index (χ2n) is 11.1. The monoisotopic (exact) mass is 583 g/mol. The van der Waals surface area contributed by atoms with Gasteiger partial charge in [0, 0.05) is 12.5 Å². The van der Waals surface area contributed by atoms with Gasteiger partial charge in [-0.05, 0) is 78.5 Å². The summed E-state index contributed by atoms with van der Waals surface area (Å²) >= 11 is 0. The summed E-state index contributed by atoms with van der Waals surface area (Å²) in [7, 11) is 0. The van der Waals surface area contributed by atoms with Crippen LogP contribution in [0.5, 0.6) is 11.5 Å². The van der Waals surface area contributed by atoms with E-state index < -0.39 is 53.8 Å². The predicted octanol–water partition coefficient (Wildman–Crippen LogP) is 6.37. The molecule has 0 spiro atoms. The summed E-state index contributed by atoms with van der Waals surface area (Å²) < 4.78 is 31.7. The first kappa shape index (κ1) is 35.5. The molecule has 12 heteroatoms. The molecule has 0 radical (unpaired) electrons. The number of rotatable bonds is 15. The molecule has 41 heavy (non-hydrogen) atoms. The number of carboxylic acids is 1. The van der Waals surface area contributed by atoms with E-state index in [9.17, 15) is 24.3 Å². The minimum absolute atomic E-state index is 0.0674. The number of hydrogen-bond acceptors (Lipinski definition) is 11. The number of aliphatic carboxylic acids is 1. The molecule has 12 nitrogen and oxygen atoms in total. The SMILES string of the molecule is CCCCOC(=O)O[C@](Cc1ccc(OC(=O)OC(C)(C)CC)c(OC(=O)OC(C)(C)CC)c1)(NC(C)C)C(=O)O. The predicted molar refractivity (Wildman–Crippen MR) is 149 cm³/mol. The molecule has 232 valence electrons. The van der Waals surface area contributed by atoms with Crippen LogP contribution in [0.2, 0.25) is 0 Å². The van der Waals surface area contributed by atoms with E-state index in [0.29, 0.717) is 19.3 Å². The van der Waals surface area contributed by atoms with Crippen molar-refractivity contribution in [1.82, 2.24) is 5.32 Å². The Morgan fingerprint density at radius 2 is 1.37 bits per heavy atom. The van der Waals surface area contributed by atoms with Crippen molar-refractivity contribution in [3.8, 4) is 11.5 Å². The molecule has 0 heterocycles. The van der Waals surface area contributed by atoms with Crippen LogP contribution < -0.4 is 14.8 Å². The second kappa shape index (κ2) is 15.5. The first-order valence-corrected chi connectivity index (χ1v) is 13.8. The maximum Gasteiger partial charge on any atom is 0.514 e. The van der Waals surface area contributed by atoms with Crippen molar-refractivity contribution in [2.24, 2.45) is 0 Å². The Morgan fingerprint density at radius 3 is 1.83 bits per heavy atom. The number of ether oxygens (including phenoxy) is 6. The molecule has 1 atom stereocenters. The highest BCUT2D eigenvalue weighted by atomic mass is 16.8. The molecule has 0 saturated heterocycles. The highest BCUT2D eigenvalue weighted by Crippen LogP contribution is 2.32. The van der Waals surface area contributed by atoms with Crippen LogP contribution in [-0.4, -0.2) is 59.1 Å². The van der Waals surface area contributed by atoms with E-state index in [0.717, 1.165) is 6.42 Å². The Labute approximate surface area is 241 Å². The molecular weight excluding hydrogens is 538 g/mol. The fraction of sp³-hybridized carbons (Fsp3) is 0.655. The van der Waals surface area contributed by atoms with Gasteiger partial charge in [0.05, 0.1) is 6.61 Å². The number of carboxylic acid groups (broad SMARTS) is 1. The summed E-state index contributed by atoms with van der Waals surface area (Å²) in [5, 5.41) is 12.9. The molecule has 1 aromatic rings. The van der Waals surface area contributed by atoms with Crippen LogP contribution >= 0.6 is 0 Å². The van der Waals surface area contributed by atoms with Crippen LogP contribution in [-0.2, 0) is 30.2 Å². The number of hydrogen-bond donors (Lipinski definition) is 2. The molecule has 0 aliphatic rings. The molecular formula is C29H45NO11. The van der Waals surface area contributed by atoms with Crippen LogP contribution in [0.4, 0.5) is 14.4 Å². The molecule has 2 N–H and O–H groups in total. The molecule has 0 unspecified atom stereocenters. The van der Waals surface area contributed by atoms with Gasteiger partial charge in [-0.15, -0.1) is 0 Å². The Kier molecular flexibility index (Phi) is 13.4. The average Bonchev–Trinajstić information content (AvgIpc) is 2.84. The third-order valence-corrected chi connectivity index (χ3v) is 6.11. The topological polar surface area (TPSA) is 156 Å². The third-order valence-electron chi connectivity index (χ3n) is 6.11. The zero-order valence-corrected chi connectivity index (χ0v) is 25.6. The lowest BCUT2D eigenvalue weighted by molar-refractivity contribution is -0.166. The van der Waals surface area contributed by atoms with E-state index in [2.05, 4.69) is 5.32 Å². The van der Waals surface area contributed by atoms with Crippen molar-refractivity contribution in [3.05, 3.63) is 23.8 Å². The van der Waals surface area contributed by atoms with Gasteiger partial charge >= 0.3 is 24.4 Å². The largest absolute Gasteiger partial charge is 0.514 e. The number of nitrogens with one attached hydrogen (secondary N) is 1. The van der Waals surface area contributed by atoms with Gasteiger partial charge in [-0.2, -0.15) is 0 Å². The van der Waals surface area contributed by atoms with Gasteiger partial charge in [0.2, 0.25) is 0 Å². The Hall–Kier alpha value is -3.54. The summed E-state index contributed by atoms with van der Waals surface area (Å²) in [4.78, 5) is 49.9. The van der Waals surface area contributed by atoms with Crippen molar-refractivity contribution in [2.75, 3.05) is 6.61 Å². The minimum atomic E-state index is -2.23. The quantitative estimate of drug-likeness (QED) is 0.0774. The van der Waals surface area contributed by atoms with Gasteiger partial charge in [0.25, 0.3) is 5.72 Å². The van der Waals surface area contributed by atoms with Crippen LogP contribution in [0.3, 0.4) is 0 Å². The lowest BCUT2D eigenvalue weighted by Crippen LogP contribution is -2.59. The van der Waals surface area contributed by atoms with Crippen LogP contribution in [0.1, 0.15) is 93.6 Å². The third kappa shape index (κ3) is 12.2. The molecule has 0 bridgehead atoms. The van der Waals surface area contributed by atoms with Crippen LogP contribution in [0, 0.1) is 0 Å². The molecule has 0 aliphatic heterocycles. The molecule has 0 aliphatic carbocycles. The van der Waals surface area contributed by atoms with Crippen molar-refractivity contribution in [3.63, 3.8) is 0 Å². The fourth-order valence-corrected chi connectivity index (χ4v) is 3.17. The second-order valence-corrected chi connectivity index (χ2v) is 11.1. The van der Waals surface area contributed by atoms with Gasteiger partial charge in [0.1, 0.15) is 11.2 Å². The van der Waals surface area contributed by atoms with Crippen molar-refractivity contribution in [2.45, 2.75) is 117 Å². The summed E-state index contributed by atoms with van der Waals surface area (Å²) in [6, 6.07) is 3.62. The van der Waals surface area contributed by atoms with E-state index >= 15 is 0 Å². The standard InChI is InChI=1S/C29H45NO11/c1-10-13-16-36-24(33)41-29(23(31)32,30-19(4)5)18-20-14-15-21(37-25(34)39-27(6,7)11-2)22(17-20)38-26(35)40-28(8,9)12-3/h14-15,17,19,30H,10-13,16,18H2,1-9H3,(H,31,32)/t29-/m0/s1. The Balaban J connectivity index is 3.45. The molecule has 1 rings (SSSR count). The first-order valence-electron chi connectivity index (χ1n) is 13.8. The number of benzene rings is 1. The van der Waals surface area contributed by atoms with E-state index in [1.165, 1.54) is 18.2 Å². The maximum atomic E-state index is 12.6. The molecule has 0 amide bonds. The molecule has 0 fully saturated rings. The summed E-state index contributed by atoms with van der Waals surface area (Å²) in [6.07, 6.45) is -1.29. The van der Waals surface area contributed by atoms with E-state index in [1.54, 1.807) is 41.5 Å². The first-order chi connectivity index (χ1) is 19.0. The molecule has 1 aromatic carbocycles. The smallest absolute Gasteiger partial charge is 0.477 e. The number of carbonyl (C=O) groups excluding carboxylic acids is 3. The lowest BCUT2D eigenvalue weighted by Gasteiger charge is -2.32. The van der Waals surface area contributed by atoms with Gasteiger partial charge in [-0.1, -0.05) is 33.3 Å². The normalized spacial score (nSPS) is 13.1. The van der Waals surface area contributed by atoms with Crippen molar-refractivity contribution in [1.29, 1.82) is 0 Å². The molecule has 0 aromatic heterocycles. The lowest BCUT2D eigenvalue weighted by atomic mass is 10.0. The number of unbranched alkanes of at least 4 members (excludes halogenated alkanes) is 1. The van der Waals surface area contributed by atoms with Crippen molar-refractivity contribution >= 4 is 24.4 Å². The average molecular weight is 584 g/mol. The highest BCUT2D eigenvalue weighted by molar-refractivity contribution is 5.80.